The fourth-order valence-electron chi connectivity index (χ4n) is 2.20. The normalized spacial score (nSPS) is 11.7. The number of benzene rings is 2. The number of carbonyl (C=O) groups is 2. The van der Waals surface area contributed by atoms with Crippen LogP contribution in [0.5, 0.6) is 0 Å². The van der Waals surface area contributed by atoms with Gasteiger partial charge in [0.2, 0.25) is 0 Å². The summed E-state index contributed by atoms with van der Waals surface area (Å²) in [6.07, 6.45) is 0. The summed E-state index contributed by atoms with van der Waals surface area (Å²) in [6.45, 7) is 3.42. The smallest absolute Gasteiger partial charge is 0.321 e. The molecule has 5 heteroatoms. The standard InChI is InChI=1S/C18H19ClN2O2/c1-12(16-6-4-5-7-17(16)19)21(3)18(23)20-15-10-8-14(9-11-15)13(2)22/h4-12H,1-3H3,(H,20,23). The van der Waals surface area contributed by atoms with Gasteiger partial charge in [-0.2, -0.15) is 0 Å². The van der Waals surface area contributed by atoms with Crippen LogP contribution in [0, 0.1) is 0 Å². The van der Waals surface area contributed by atoms with Crippen molar-refractivity contribution >= 4 is 29.1 Å². The molecule has 0 aromatic heterocycles. The van der Waals surface area contributed by atoms with Gasteiger partial charge in [0.1, 0.15) is 0 Å². The number of Topliss-reactive ketones (excluding diaryl/α,β-unsaturated/α-hetero) is 1. The number of carbonyl (C=O) groups excluding carboxylic acids is 2. The van der Waals surface area contributed by atoms with Gasteiger partial charge in [0, 0.05) is 23.3 Å². The minimum absolute atomic E-state index is 0.00710. The highest BCUT2D eigenvalue weighted by Gasteiger charge is 2.19. The van der Waals surface area contributed by atoms with Gasteiger partial charge in [-0.15, -0.1) is 0 Å². The first kappa shape index (κ1) is 17.0. The van der Waals surface area contributed by atoms with Gasteiger partial charge in [0.25, 0.3) is 0 Å². The molecule has 1 atom stereocenters. The minimum atomic E-state index is -0.243. The van der Waals surface area contributed by atoms with Gasteiger partial charge >= 0.3 is 6.03 Å². The Morgan fingerprint density at radius 3 is 2.26 bits per heavy atom. The Morgan fingerprint density at radius 1 is 1.09 bits per heavy atom. The molecule has 0 aliphatic carbocycles. The van der Waals surface area contributed by atoms with Gasteiger partial charge in [-0.1, -0.05) is 29.8 Å². The molecule has 1 N–H and O–H groups in total. The van der Waals surface area contributed by atoms with Crippen LogP contribution in [0.4, 0.5) is 10.5 Å². The van der Waals surface area contributed by atoms with Gasteiger partial charge in [0.15, 0.2) is 5.78 Å². The van der Waals surface area contributed by atoms with Gasteiger partial charge in [-0.25, -0.2) is 4.79 Å². The molecular formula is C18H19ClN2O2. The van der Waals surface area contributed by atoms with Gasteiger partial charge in [-0.05, 0) is 49.7 Å². The summed E-state index contributed by atoms with van der Waals surface area (Å²) in [5, 5.41) is 3.44. The Morgan fingerprint density at radius 2 is 1.70 bits per heavy atom. The molecule has 0 fully saturated rings. The first-order valence-electron chi connectivity index (χ1n) is 7.29. The third-order valence-corrected chi connectivity index (χ3v) is 4.14. The SMILES string of the molecule is CC(=O)c1ccc(NC(=O)N(C)C(C)c2ccccc2Cl)cc1. The van der Waals surface area contributed by atoms with E-state index in [1.165, 1.54) is 6.92 Å². The van der Waals surface area contributed by atoms with Crippen LogP contribution in [-0.2, 0) is 0 Å². The highest BCUT2D eigenvalue weighted by atomic mass is 35.5. The van der Waals surface area contributed by atoms with E-state index in [-0.39, 0.29) is 17.9 Å². The number of halogens is 1. The van der Waals surface area contributed by atoms with Crippen LogP contribution in [-0.4, -0.2) is 23.8 Å². The number of amides is 2. The molecule has 0 saturated heterocycles. The molecule has 0 bridgehead atoms. The van der Waals surface area contributed by atoms with Crippen molar-refractivity contribution in [3.63, 3.8) is 0 Å². The number of rotatable bonds is 4. The second-order valence-electron chi connectivity index (χ2n) is 5.37. The highest BCUT2D eigenvalue weighted by Crippen LogP contribution is 2.26. The maximum atomic E-state index is 12.4. The second kappa shape index (κ2) is 7.29. The molecule has 4 nitrogen and oxygen atoms in total. The van der Waals surface area contributed by atoms with Crippen molar-refractivity contribution in [2.24, 2.45) is 0 Å². The monoisotopic (exact) mass is 330 g/mol. The third kappa shape index (κ3) is 4.11. The second-order valence-corrected chi connectivity index (χ2v) is 5.78. The van der Waals surface area contributed by atoms with Crippen molar-refractivity contribution < 1.29 is 9.59 Å². The number of hydrogen-bond donors (Lipinski definition) is 1. The minimum Gasteiger partial charge on any atom is -0.321 e. The van der Waals surface area contributed by atoms with Gasteiger partial charge in [-0.3, -0.25) is 4.79 Å². The lowest BCUT2D eigenvalue weighted by molar-refractivity contribution is 0.101. The number of urea groups is 1. The zero-order valence-electron chi connectivity index (χ0n) is 13.3. The van der Waals surface area contributed by atoms with E-state index in [9.17, 15) is 9.59 Å². The Balaban J connectivity index is 2.07. The van der Waals surface area contributed by atoms with Crippen LogP contribution in [0.1, 0.15) is 35.8 Å². The average Bonchev–Trinajstić information content (AvgIpc) is 2.54. The molecule has 0 aliphatic heterocycles. The fourth-order valence-corrected chi connectivity index (χ4v) is 2.49. The lowest BCUT2D eigenvalue weighted by Crippen LogP contribution is -2.33. The van der Waals surface area contributed by atoms with Crippen molar-refractivity contribution in [1.82, 2.24) is 4.90 Å². The van der Waals surface area contributed by atoms with Crippen LogP contribution in [0.15, 0.2) is 48.5 Å². The summed E-state index contributed by atoms with van der Waals surface area (Å²) in [7, 11) is 1.72. The molecular weight excluding hydrogens is 312 g/mol. The van der Waals surface area contributed by atoms with Crippen LogP contribution < -0.4 is 5.32 Å². The summed E-state index contributed by atoms with van der Waals surface area (Å²) in [6, 6.07) is 13.8. The van der Waals surface area contributed by atoms with Gasteiger partial charge in [0.05, 0.1) is 6.04 Å². The summed E-state index contributed by atoms with van der Waals surface area (Å²) >= 11 is 6.18. The van der Waals surface area contributed by atoms with Crippen molar-refractivity contribution in [3.8, 4) is 0 Å². The lowest BCUT2D eigenvalue weighted by atomic mass is 10.1. The van der Waals surface area contributed by atoms with E-state index in [0.29, 0.717) is 16.3 Å². The van der Waals surface area contributed by atoms with E-state index in [4.69, 9.17) is 11.6 Å². The number of anilines is 1. The predicted octanol–water partition coefficient (Wildman–Crippen LogP) is 4.77. The Hall–Kier alpha value is -2.33. The predicted molar refractivity (Wildman–Crippen MR) is 93.1 cm³/mol. The Bertz CT molecular complexity index is 713. The maximum absolute atomic E-state index is 12.4. The van der Waals surface area contributed by atoms with Crippen LogP contribution in [0.25, 0.3) is 0 Å². The molecule has 1 unspecified atom stereocenters. The average molecular weight is 331 g/mol. The zero-order chi connectivity index (χ0) is 17.0. The number of nitrogens with one attached hydrogen (secondary N) is 1. The molecule has 0 radical (unpaired) electrons. The molecule has 23 heavy (non-hydrogen) atoms. The van der Waals surface area contributed by atoms with Crippen molar-refractivity contribution in [2.45, 2.75) is 19.9 Å². The zero-order valence-corrected chi connectivity index (χ0v) is 14.1. The van der Waals surface area contributed by atoms with Crippen molar-refractivity contribution in [1.29, 1.82) is 0 Å². The maximum Gasteiger partial charge on any atom is 0.322 e. The van der Waals surface area contributed by atoms with Gasteiger partial charge < -0.3 is 10.2 Å². The quantitative estimate of drug-likeness (QED) is 0.821. The first-order chi connectivity index (χ1) is 10.9. The number of nitrogens with zero attached hydrogens (tertiary/aromatic N) is 1. The summed E-state index contributed by atoms with van der Waals surface area (Å²) < 4.78 is 0. The lowest BCUT2D eigenvalue weighted by Gasteiger charge is -2.26. The topological polar surface area (TPSA) is 49.4 Å². The van der Waals surface area contributed by atoms with E-state index in [2.05, 4.69) is 5.32 Å². The Kier molecular flexibility index (Phi) is 5.40. The van der Waals surface area contributed by atoms with E-state index < -0.39 is 0 Å². The summed E-state index contributed by atoms with van der Waals surface area (Å²) in [5.41, 5.74) is 2.14. The number of hydrogen-bond acceptors (Lipinski definition) is 2. The number of ketones is 1. The third-order valence-electron chi connectivity index (χ3n) is 3.80. The molecule has 0 heterocycles. The molecule has 0 aliphatic rings. The molecule has 2 aromatic carbocycles. The largest absolute Gasteiger partial charge is 0.322 e. The molecule has 2 aromatic rings. The van der Waals surface area contributed by atoms with Crippen LogP contribution in [0.3, 0.4) is 0 Å². The molecule has 0 saturated carbocycles. The molecule has 2 rings (SSSR count). The van der Waals surface area contributed by atoms with E-state index in [1.807, 2.05) is 25.1 Å². The highest BCUT2D eigenvalue weighted by molar-refractivity contribution is 6.31. The molecule has 120 valence electrons. The Labute approximate surface area is 141 Å². The summed E-state index contributed by atoms with van der Waals surface area (Å²) in [4.78, 5) is 25.2. The first-order valence-corrected chi connectivity index (χ1v) is 7.67. The van der Waals surface area contributed by atoms with E-state index >= 15 is 0 Å². The molecule has 0 spiro atoms. The summed E-state index contributed by atoms with van der Waals surface area (Å²) in [5.74, 6) is -0.00710. The van der Waals surface area contributed by atoms with Crippen molar-refractivity contribution in [2.75, 3.05) is 12.4 Å². The van der Waals surface area contributed by atoms with Crippen LogP contribution >= 0.6 is 11.6 Å². The molecule has 2 amide bonds. The van der Waals surface area contributed by atoms with Crippen LogP contribution in [0.2, 0.25) is 5.02 Å². The fraction of sp³-hybridized carbons (Fsp3) is 0.222. The van der Waals surface area contributed by atoms with E-state index in [1.54, 1.807) is 42.3 Å². The van der Waals surface area contributed by atoms with Crippen molar-refractivity contribution in [3.05, 3.63) is 64.7 Å². The van der Waals surface area contributed by atoms with E-state index in [0.717, 1.165) is 5.56 Å².